The van der Waals surface area contributed by atoms with Crippen LogP contribution in [0.3, 0.4) is 0 Å². The van der Waals surface area contributed by atoms with Gasteiger partial charge in [-0.15, -0.1) is 0 Å². The van der Waals surface area contributed by atoms with Crippen LogP contribution in [-0.2, 0) is 20.9 Å². The molecule has 0 aliphatic carbocycles. The number of aromatic nitrogens is 2. The Labute approximate surface area is 192 Å². The van der Waals surface area contributed by atoms with E-state index in [2.05, 4.69) is 19.6 Å². The Balaban J connectivity index is 1.13. The lowest BCUT2D eigenvalue weighted by molar-refractivity contribution is -0.144. The third kappa shape index (κ3) is 3.81. The minimum absolute atomic E-state index is 0.130. The SMILES string of the molecule is O=COCC(=O)N1C[C@@H]2C[C@H]1CN2Cc1cc2cc(Oc3nc4cnccc4s3)ccc2o1. The summed E-state index contributed by atoms with van der Waals surface area (Å²) < 4.78 is 17.7. The van der Waals surface area contributed by atoms with E-state index in [1.165, 1.54) is 11.3 Å². The zero-order valence-corrected chi connectivity index (χ0v) is 18.4. The van der Waals surface area contributed by atoms with Gasteiger partial charge in [0.2, 0.25) is 0 Å². The number of ether oxygens (including phenoxy) is 2. The lowest BCUT2D eigenvalue weighted by Crippen LogP contribution is -2.49. The molecule has 4 aromatic rings. The molecule has 5 heterocycles. The molecule has 2 bridgehead atoms. The first-order valence-corrected chi connectivity index (χ1v) is 11.5. The fourth-order valence-electron chi connectivity index (χ4n) is 4.76. The lowest BCUT2D eigenvalue weighted by Gasteiger charge is -2.33. The standard InChI is InChI=1S/C23H20N4O5S/c28-13-30-12-22(29)27-10-15-7-16(27)9-26(15)11-18-6-14-5-17(1-2-20(14)31-18)32-23-25-19-8-24-4-3-21(19)33-23/h1-6,8,13,15-16H,7,9-12H2/t15-,16-/m0/s1. The molecule has 2 atom stereocenters. The Morgan fingerprint density at radius 1 is 1.24 bits per heavy atom. The van der Waals surface area contributed by atoms with Crippen molar-refractivity contribution in [1.82, 2.24) is 19.8 Å². The Hall–Kier alpha value is -3.50. The maximum absolute atomic E-state index is 12.2. The van der Waals surface area contributed by atoms with E-state index >= 15 is 0 Å². The summed E-state index contributed by atoms with van der Waals surface area (Å²) in [6.45, 7) is 2.25. The highest BCUT2D eigenvalue weighted by Crippen LogP contribution is 2.35. The number of likely N-dealkylation sites (tertiary alicyclic amines) is 2. The molecule has 1 aromatic carbocycles. The summed E-state index contributed by atoms with van der Waals surface area (Å²) in [5.74, 6) is 1.45. The summed E-state index contributed by atoms with van der Waals surface area (Å²) in [5, 5.41) is 1.55. The predicted molar refractivity (Wildman–Crippen MR) is 120 cm³/mol. The van der Waals surface area contributed by atoms with Gasteiger partial charge >= 0.3 is 0 Å². The van der Waals surface area contributed by atoms with Crippen molar-refractivity contribution in [2.24, 2.45) is 0 Å². The zero-order valence-electron chi connectivity index (χ0n) is 17.5. The molecule has 0 unspecified atom stereocenters. The molecule has 6 rings (SSSR count). The number of rotatable bonds is 7. The summed E-state index contributed by atoms with van der Waals surface area (Å²) in [6.07, 6.45) is 4.40. The number of furan rings is 1. The van der Waals surface area contributed by atoms with E-state index in [0.717, 1.165) is 39.9 Å². The van der Waals surface area contributed by atoms with Crippen LogP contribution in [0.25, 0.3) is 21.2 Å². The molecule has 3 aromatic heterocycles. The number of hydrogen-bond donors (Lipinski definition) is 0. The highest BCUT2D eigenvalue weighted by Gasteiger charge is 2.45. The number of piperazine rings is 1. The van der Waals surface area contributed by atoms with Gasteiger partial charge in [0, 0.05) is 36.8 Å². The van der Waals surface area contributed by atoms with Gasteiger partial charge in [-0.3, -0.25) is 19.5 Å². The van der Waals surface area contributed by atoms with Crippen LogP contribution in [0.2, 0.25) is 0 Å². The first-order valence-electron chi connectivity index (χ1n) is 10.7. The smallest absolute Gasteiger partial charge is 0.293 e. The number of pyridine rings is 1. The molecule has 1 amide bonds. The van der Waals surface area contributed by atoms with Crippen LogP contribution < -0.4 is 4.74 Å². The first kappa shape index (κ1) is 20.1. The van der Waals surface area contributed by atoms with Crippen molar-refractivity contribution < 1.29 is 23.5 Å². The van der Waals surface area contributed by atoms with Crippen LogP contribution in [0.5, 0.6) is 10.9 Å². The quantitative estimate of drug-likeness (QED) is 0.385. The van der Waals surface area contributed by atoms with Crippen molar-refractivity contribution in [2.45, 2.75) is 25.0 Å². The van der Waals surface area contributed by atoms with E-state index in [4.69, 9.17) is 9.15 Å². The Morgan fingerprint density at radius 3 is 3.00 bits per heavy atom. The summed E-state index contributed by atoms with van der Waals surface area (Å²) >= 11 is 1.48. The van der Waals surface area contributed by atoms with Crippen LogP contribution >= 0.6 is 11.3 Å². The average Bonchev–Trinajstić information content (AvgIpc) is 3.59. The topological polar surface area (TPSA) is 98.0 Å². The van der Waals surface area contributed by atoms with Gasteiger partial charge in [-0.05, 0) is 36.8 Å². The van der Waals surface area contributed by atoms with Gasteiger partial charge in [0.05, 0.1) is 17.4 Å². The molecule has 2 aliphatic heterocycles. The van der Waals surface area contributed by atoms with Crippen LogP contribution in [0.1, 0.15) is 12.2 Å². The number of thiazole rings is 1. The van der Waals surface area contributed by atoms with Crippen molar-refractivity contribution in [3.8, 4) is 10.9 Å². The molecule has 9 nitrogen and oxygen atoms in total. The highest BCUT2D eigenvalue weighted by molar-refractivity contribution is 7.20. The van der Waals surface area contributed by atoms with E-state index in [0.29, 0.717) is 30.5 Å². The third-order valence-electron chi connectivity index (χ3n) is 6.22. The van der Waals surface area contributed by atoms with Crippen LogP contribution in [-0.4, -0.2) is 63.9 Å². The van der Waals surface area contributed by atoms with Crippen molar-refractivity contribution in [3.05, 3.63) is 48.5 Å². The number of amides is 1. The second-order valence-corrected chi connectivity index (χ2v) is 9.26. The molecule has 2 fully saturated rings. The van der Waals surface area contributed by atoms with E-state index in [9.17, 15) is 9.59 Å². The van der Waals surface area contributed by atoms with Crippen LogP contribution in [0.4, 0.5) is 0 Å². The van der Waals surface area contributed by atoms with Gasteiger partial charge in [-0.25, -0.2) is 4.98 Å². The van der Waals surface area contributed by atoms with Crippen LogP contribution in [0, 0.1) is 0 Å². The normalized spacial score (nSPS) is 20.1. The largest absolute Gasteiger partial charge is 0.460 e. The van der Waals surface area contributed by atoms with Crippen molar-refractivity contribution in [2.75, 3.05) is 19.7 Å². The minimum Gasteiger partial charge on any atom is -0.460 e. The summed E-state index contributed by atoms with van der Waals surface area (Å²) in [7, 11) is 0. The van der Waals surface area contributed by atoms with Crippen LogP contribution in [0.15, 0.2) is 47.1 Å². The molecular formula is C23H20N4O5S. The molecule has 2 saturated heterocycles. The van der Waals surface area contributed by atoms with Gasteiger partial charge in [-0.1, -0.05) is 11.3 Å². The summed E-state index contributed by atoms with van der Waals surface area (Å²) in [4.78, 5) is 35.2. The number of carbonyl (C=O) groups excluding carboxylic acids is 2. The third-order valence-corrected chi connectivity index (χ3v) is 7.14. The summed E-state index contributed by atoms with van der Waals surface area (Å²) in [5.41, 5.74) is 1.62. The molecule has 0 radical (unpaired) electrons. The molecule has 2 aliphatic rings. The lowest BCUT2D eigenvalue weighted by atomic mass is 10.2. The number of benzene rings is 1. The highest BCUT2D eigenvalue weighted by atomic mass is 32.1. The van der Waals surface area contributed by atoms with E-state index < -0.39 is 0 Å². The molecular weight excluding hydrogens is 444 g/mol. The van der Waals surface area contributed by atoms with Crippen molar-refractivity contribution in [3.63, 3.8) is 0 Å². The van der Waals surface area contributed by atoms with Gasteiger partial charge in [0.25, 0.3) is 17.6 Å². The van der Waals surface area contributed by atoms with E-state index in [-0.39, 0.29) is 24.6 Å². The predicted octanol–water partition coefficient (Wildman–Crippen LogP) is 3.19. The molecule has 33 heavy (non-hydrogen) atoms. The number of fused-ring (bicyclic) bond motifs is 4. The number of hydrogen-bond acceptors (Lipinski definition) is 9. The van der Waals surface area contributed by atoms with Crippen molar-refractivity contribution >= 4 is 44.9 Å². The Bertz CT molecular complexity index is 1320. The second-order valence-electron chi connectivity index (χ2n) is 8.26. The van der Waals surface area contributed by atoms with E-state index in [1.807, 2.05) is 35.2 Å². The zero-order chi connectivity index (χ0) is 22.4. The first-order chi connectivity index (χ1) is 16.2. The number of nitrogens with zero attached hydrogens (tertiary/aromatic N) is 4. The maximum Gasteiger partial charge on any atom is 0.293 e. The molecule has 0 spiro atoms. The fourth-order valence-corrected chi connectivity index (χ4v) is 5.56. The molecule has 0 N–H and O–H groups in total. The second kappa shape index (κ2) is 8.13. The Kier molecular flexibility index (Phi) is 4.96. The van der Waals surface area contributed by atoms with Gasteiger partial charge in [-0.2, -0.15) is 0 Å². The van der Waals surface area contributed by atoms with Crippen molar-refractivity contribution in [1.29, 1.82) is 0 Å². The van der Waals surface area contributed by atoms with Gasteiger partial charge in [0.1, 0.15) is 22.6 Å². The minimum atomic E-state index is -0.186. The van der Waals surface area contributed by atoms with E-state index in [1.54, 1.807) is 12.4 Å². The van der Waals surface area contributed by atoms with Gasteiger partial charge in [0.15, 0.2) is 6.61 Å². The molecule has 10 heteroatoms. The monoisotopic (exact) mass is 464 g/mol. The van der Waals surface area contributed by atoms with Gasteiger partial charge < -0.3 is 18.8 Å². The fraction of sp³-hybridized carbons (Fsp3) is 0.304. The molecule has 168 valence electrons. The number of carbonyl (C=O) groups is 2. The maximum atomic E-state index is 12.2. The average molecular weight is 465 g/mol. The molecule has 0 saturated carbocycles. The summed E-state index contributed by atoms with van der Waals surface area (Å²) in [6, 6.07) is 10.1. The Morgan fingerprint density at radius 2 is 2.18 bits per heavy atom.